The molecule has 0 bridgehead atoms. The quantitative estimate of drug-likeness (QED) is 0.838. The molecule has 1 aliphatic heterocycles. The number of halogens is 1. The maximum absolute atomic E-state index is 4.61. The van der Waals surface area contributed by atoms with Crippen LogP contribution in [0.3, 0.4) is 0 Å². The molecule has 112 valence electrons. The van der Waals surface area contributed by atoms with Crippen LogP contribution in [0.15, 0.2) is 28.7 Å². The molecule has 1 aliphatic rings. The number of fused-ring (bicyclic) bond motifs is 1. The van der Waals surface area contributed by atoms with E-state index in [1.807, 2.05) is 11.7 Å². The monoisotopic (exact) mass is 347 g/mol. The van der Waals surface area contributed by atoms with E-state index in [4.69, 9.17) is 0 Å². The summed E-state index contributed by atoms with van der Waals surface area (Å²) in [6.45, 7) is 6.50. The molecule has 0 saturated heterocycles. The Morgan fingerprint density at radius 2 is 2.10 bits per heavy atom. The Kier molecular flexibility index (Phi) is 4.07. The van der Waals surface area contributed by atoms with Crippen LogP contribution in [0, 0.1) is 5.92 Å². The molecule has 1 unspecified atom stereocenters. The second-order valence-electron chi connectivity index (χ2n) is 6.00. The van der Waals surface area contributed by atoms with Crippen LogP contribution in [0.5, 0.6) is 0 Å². The highest BCUT2D eigenvalue weighted by atomic mass is 79.9. The number of aromatic nitrogens is 2. The second-order valence-corrected chi connectivity index (χ2v) is 6.80. The van der Waals surface area contributed by atoms with Gasteiger partial charge < -0.3 is 4.90 Å². The molecule has 0 amide bonds. The molecule has 1 aromatic heterocycles. The highest BCUT2D eigenvalue weighted by Gasteiger charge is 2.23. The van der Waals surface area contributed by atoms with Crippen LogP contribution in [-0.4, -0.2) is 16.3 Å². The summed E-state index contributed by atoms with van der Waals surface area (Å²) >= 11 is 3.73. The Hall–Kier alpha value is -1.29. The molecular formula is C17H22BrN3. The molecular weight excluding hydrogens is 326 g/mol. The summed E-state index contributed by atoms with van der Waals surface area (Å²) in [6, 6.07) is 8.78. The van der Waals surface area contributed by atoms with Gasteiger partial charge in [-0.3, -0.25) is 4.68 Å². The van der Waals surface area contributed by atoms with Gasteiger partial charge in [0.15, 0.2) is 0 Å². The van der Waals surface area contributed by atoms with Crippen molar-refractivity contribution in [3.05, 3.63) is 45.7 Å². The number of anilines is 1. The van der Waals surface area contributed by atoms with Crippen molar-refractivity contribution in [2.75, 3.05) is 11.4 Å². The van der Waals surface area contributed by atoms with Crippen molar-refractivity contribution in [3.63, 3.8) is 0 Å². The van der Waals surface area contributed by atoms with E-state index in [2.05, 4.69) is 64.0 Å². The van der Waals surface area contributed by atoms with E-state index >= 15 is 0 Å². The smallest absolute Gasteiger partial charge is 0.0767 e. The van der Waals surface area contributed by atoms with E-state index in [0.717, 1.165) is 25.2 Å². The predicted octanol–water partition coefficient (Wildman–Crippen LogP) is 3.94. The molecule has 0 radical (unpaired) electrons. The number of rotatable bonds is 3. The summed E-state index contributed by atoms with van der Waals surface area (Å²) in [5.74, 6) is 0.692. The van der Waals surface area contributed by atoms with Gasteiger partial charge in [0.25, 0.3) is 0 Å². The molecule has 0 aliphatic carbocycles. The van der Waals surface area contributed by atoms with E-state index in [1.54, 1.807) is 0 Å². The SMILES string of the molecule is CCc1nn(C)c(CN2CC(C)Cc3ccccc32)c1Br. The van der Waals surface area contributed by atoms with Gasteiger partial charge in [-0.2, -0.15) is 5.10 Å². The first-order chi connectivity index (χ1) is 10.1. The fourth-order valence-corrected chi connectivity index (χ4v) is 3.97. The van der Waals surface area contributed by atoms with Crippen LogP contribution in [-0.2, 0) is 26.4 Å². The molecule has 1 aromatic carbocycles. The van der Waals surface area contributed by atoms with Gasteiger partial charge in [0, 0.05) is 19.3 Å². The fraction of sp³-hybridized carbons (Fsp3) is 0.471. The third-order valence-corrected chi connectivity index (χ3v) is 5.19. The summed E-state index contributed by atoms with van der Waals surface area (Å²) in [4.78, 5) is 2.49. The third kappa shape index (κ3) is 2.73. The maximum atomic E-state index is 4.61. The lowest BCUT2D eigenvalue weighted by molar-refractivity contribution is 0.522. The van der Waals surface area contributed by atoms with Crippen molar-refractivity contribution in [2.24, 2.45) is 13.0 Å². The summed E-state index contributed by atoms with van der Waals surface area (Å²) in [5.41, 5.74) is 5.24. The molecule has 0 fully saturated rings. The van der Waals surface area contributed by atoms with Crippen LogP contribution in [0.2, 0.25) is 0 Å². The zero-order valence-electron chi connectivity index (χ0n) is 12.9. The Bertz CT molecular complexity index is 647. The van der Waals surface area contributed by atoms with Crippen LogP contribution < -0.4 is 4.90 Å². The topological polar surface area (TPSA) is 21.1 Å². The third-order valence-electron chi connectivity index (χ3n) is 4.28. The Morgan fingerprint density at radius 1 is 1.33 bits per heavy atom. The van der Waals surface area contributed by atoms with E-state index in [1.165, 1.54) is 27.8 Å². The Morgan fingerprint density at radius 3 is 2.81 bits per heavy atom. The first kappa shape index (κ1) is 14.6. The zero-order chi connectivity index (χ0) is 15.0. The lowest BCUT2D eigenvalue weighted by atomic mass is 9.94. The number of benzene rings is 1. The zero-order valence-corrected chi connectivity index (χ0v) is 14.5. The molecule has 4 heteroatoms. The van der Waals surface area contributed by atoms with Gasteiger partial charge in [-0.15, -0.1) is 0 Å². The predicted molar refractivity (Wildman–Crippen MR) is 90.6 cm³/mol. The molecule has 1 atom stereocenters. The van der Waals surface area contributed by atoms with Gasteiger partial charge in [0.1, 0.15) is 0 Å². The summed E-state index contributed by atoms with van der Waals surface area (Å²) in [7, 11) is 2.04. The van der Waals surface area contributed by atoms with Crippen LogP contribution in [0.25, 0.3) is 0 Å². The lowest BCUT2D eigenvalue weighted by Crippen LogP contribution is -2.34. The lowest BCUT2D eigenvalue weighted by Gasteiger charge is -2.34. The molecule has 2 heterocycles. The highest BCUT2D eigenvalue weighted by molar-refractivity contribution is 9.10. The largest absolute Gasteiger partial charge is 0.365 e. The van der Waals surface area contributed by atoms with Gasteiger partial charge in [-0.1, -0.05) is 32.0 Å². The van der Waals surface area contributed by atoms with Crippen molar-refractivity contribution < 1.29 is 0 Å². The second kappa shape index (κ2) is 5.84. The van der Waals surface area contributed by atoms with Crippen LogP contribution in [0.4, 0.5) is 5.69 Å². The standard InChI is InChI=1S/C17H22BrN3/c1-4-14-17(18)16(20(3)19-14)11-21-10-12(2)9-13-7-5-6-8-15(13)21/h5-8,12H,4,9-11H2,1-3H3. The molecule has 0 spiro atoms. The average molecular weight is 348 g/mol. The number of para-hydroxylation sites is 1. The molecule has 3 nitrogen and oxygen atoms in total. The number of hydrogen-bond donors (Lipinski definition) is 0. The summed E-state index contributed by atoms with van der Waals surface area (Å²) in [5, 5.41) is 4.61. The Balaban J connectivity index is 1.94. The average Bonchev–Trinajstić information content (AvgIpc) is 2.74. The normalized spacial score (nSPS) is 17.9. The molecule has 0 saturated carbocycles. The van der Waals surface area contributed by atoms with Crippen molar-refractivity contribution in [1.29, 1.82) is 0 Å². The van der Waals surface area contributed by atoms with Gasteiger partial charge >= 0.3 is 0 Å². The van der Waals surface area contributed by atoms with Crippen molar-refractivity contribution >= 4 is 21.6 Å². The van der Waals surface area contributed by atoms with E-state index < -0.39 is 0 Å². The Labute approximate surface area is 135 Å². The van der Waals surface area contributed by atoms with E-state index in [-0.39, 0.29) is 0 Å². The summed E-state index contributed by atoms with van der Waals surface area (Å²) in [6.07, 6.45) is 2.14. The van der Waals surface area contributed by atoms with Crippen LogP contribution >= 0.6 is 15.9 Å². The molecule has 3 rings (SSSR count). The first-order valence-electron chi connectivity index (χ1n) is 7.63. The number of nitrogens with zero attached hydrogens (tertiary/aromatic N) is 3. The number of aryl methyl sites for hydroxylation is 2. The van der Waals surface area contributed by atoms with Gasteiger partial charge in [0.2, 0.25) is 0 Å². The first-order valence-corrected chi connectivity index (χ1v) is 8.42. The van der Waals surface area contributed by atoms with Gasteiger partial charge in [0.05, 0.1) is 22.4 Å². The van der Waals surface area contributed by atoms with Crippen molar-refractivity contribution in [1.82, 2.24) is 9.78 Å². The minimum absolute atomic E-state index is 0.692. The summed E-state index contributed by atoms with van der Waals surface area (Å²) < 4.78 is 3.19. The molecule has 0 N–H and O–H groups in total. The van der Waals surface area contributed by atoms with Gasteiger partial charge in [-0.25, -0.2) is 0 Å². The van der Waals surface area contributed by atoms with Crippen LogP contribution in [0.1, 0.15) is 30.8 Å². The van der Waals surface area contributed by atoms with E-state index in [0.29, 0.717) is 5.92 Å². The minimum atomic E-state index is 0.692. The molecule has 21 heavy (non-hydrogen) atoms. The number of hydrogen-bond acceptors (Lipinski definition) is 2. The minimum Gasteiger partial charge on any atom is -0.365 e. The van der Waals surface area contributed by atoms with E-state index in [9.17, 15) is 0 Å². The highest BCUT2D eigenvalue weighted by Crippen LogP contribution is 2.32. The molecule has 2 aromatic rings. The van der Waals surface area contributed by atoms with Gasteiger partial charge in [-0.05, 0) is 46.3 Å². The maximum Gasteiger partial charge on any atom is 0.0767 e. The van der Waals surface area contributed by atoms with Crippen molar-refractivity contribution in [2.45, 2.75) is 33.2 Å². The van der Waals surface area contributed by atoms with Crippen molar-refractivity contribution in [3.8, 4) is 0 Å². The fourth-order valence-electron chi connectivity index (χ4n) is 3.23.